The predicted octanol–water partition coefficient (Wildman–Crippen LogP) is 2.82. The van der Waals surface area contributed by atoms with Crippen molar-refractivity contribution in [3.8, 4) is 0 Å². The van der Waals surface area contributed by atoms with E-state index in [1.165, 1.54) is 18.2 Å². The minimum absolute atomic E-state index is 0.0484. The van der Waals surface area contributed by atoms with Crippen molar-refractivity contribution in [2.75, 3.05) is 56.4 Å². The molecule has 15 nitrogen and oxygen atoms in total. The van der Waals surface area contributed by atoms with Crippen LogP contribution >= 0.6 is 0 Å². The standard InChI is InChI=1S/C40H43FN8O7/c1-22-30(21-27-26-20-24(41)9-10-28(26)45-36(27)52)44-23(2)34(22)38(54)43-14-15-47-16-18-48(19-17-47)33(51)8-3-4-13-42-29-7-5-6-25-35(29)40(56)49(39(25)55)31-11-12-32(50)46-37(31)53/h5-7,9-10,20-21,31,42,44H,3-4,8,11-19H2,1-2H3,(H,43,54)(H,45,52)(H,46,50,53)/b27-21-. The number of fused-ring (bicyclic) bond motifs is 2. The van der Waals surface area contributed by atoms with E-state index in [0.717, 1.165) is 4.90 Å². The van der Waals surface area contributed by atoms with E-state index in [2.05, 4.69) is 31.2 Å². The van der Waals surface area contributed by atoms with Crippen molar-refractivity contribution in [3.05, 3.63) is 81.4 Å². The fourth-order valence-corrected chi connectivity index (χ4v) is 7.79. The van der Waals surface area contributed by atoms with Gasteiger partial charge in [0.25, 0.3) is 23.6 Å². The number of aryl methyl sites for hydroxylation is 1. The van der Waals surface area contributed by atoms with E-state index in [1.54, 1.807) is 38.1 Å². The average Bonchev–Trinajstić information content (AvgIpc) is 3.73. The third-order valence-electron chi connectivity index (χ3n) is 10.8. The number of benzene rings is 2. The van der Waals surface area contributed by atoms with Crippen molar-refractivity contribution in [2.24, 2.45) is 0 Å². The Labute approximate surface area is 322 Å². The number of nitrogens with one attached hydrogen (secondary N) is 5. The van der Waals surface area contributed by atoms with Crippen LogP contribution in [0.2, 0.25) is 0 Å². The van der Waals surface area contributed by atoms with Crippen molar-refractivity contribution in [2.45, 2.75) is 52.0 Å². The monoisotopic (exact) mass is 766 g/mol. The van der Waals surface area contributed by atoms with Gasteiger partial charge in [0.2, 0.25) is 17.7 Å². The summed E-state index contributed by atoms with van der Waals surface area (Å²) in [6, 6.07) is 8.00. The lowest BCUT2D eigenvalue weighted by molar-refractivity contribution is -0.136. The van der Waals surface area contributed by atoms with Crippen molar-refractivity contribution >= 4 is 64.4 Å². The van der Waals surface area contributed by atoms with Gasteiger partial charge in [-0.3, -0.25) is 48.7 Å². The maximum absolute atomic E-state index is 13.9. The summed E-state index contributed by atoms with van der Waals surface area (Å²) in [6.45, 7) is 7.60. The Kier molecular flexibility index (Phi) is 10.8. The van der Waals surface area contributed by atoms with Gasteiger partial charge in [-0.25, -0.2) is 4.39 Å². The quantitative estimate of drug-likeness (QED) is 0.105. The Morgan fingerprint density at radius 3 is 2.48 bits per heavy atom. The predicted molar refractivity (Wildman–Crippen MR) is 204 cm³/mol. The normalized spacial score (nSPS) is 18.9. The molecule has 5 N–H and O–H groups in total. The van der Waals surface area contributed by atoms with E-state index in [-0.39, 0.29) is 41.7 Å². The second kappa shape index (κ2) is 15.9. The molecule has 2 aromatic carbocycles. The molecule has 2 fully saturated rings. The Hall–Kier alpha value is -6.16. The largest absolute Gasteiger partial charge is 0.384 e. The topological polar surface area (TPSA) is 193 Å². The van der Waals surface area contributed by atoms with Crippen LogP contribution in [0.4, 0.5) is 15.8 Å². The number of unbranched alkanes of at least 4 members (excludes halogenated alkanes) is 1. The molecule has 292 valence electrons. The highest BCUT2D eigenvalue weighted by atomic mass is 19.1. The van der Waals surface area contributed by atoms with Gasteiger partial charge in [0.15, 0.2) is 0 Å². The molecule has 7 rings (SSSR count). The summed E-state index contributed by atoms with van der Waals surface area (Å²) in [4.78, 5) is 97.3. The molecule has 5 heterocycles. The summed E-state index contributed by atoms with van der Waals surface area (Å²) in [5.41, 5.74) is 4.64. The second-order valence-electron chi connectivity index (χ2n) is 14.4. The van der Waals surface area contributed by atoms with Crippen molar-refractivity contribution < 1.29 is 38.0 Å². The molecule has 1 aromatic heterocycles. The summed E-state index contributed by atoms with van der Waals surface area (Å²) in [5, 5.41) is 11.1. The van der Waals surface area contributed by atoms with Crippen LogP contribution in [0.3, 0.4) is 0 Å². The fourth-order valence-electron chi connectivity index (χ4n) is 7.79. The van der Waals surface area contributed by atoms with Crippen LogP contribution in [0, 0.1) is 19.7 Å². The van der Waals surface area contributed by atoms with Crippen molar-refractivity contribution in [3.63, 3.8) is 0 Å². The van der Waals surface area contributed by atoms with Crippen LogP contribution < -0.4 is 21.3 Å². The highest BCUT2D eigenvalue weighted by Gasteiger charge is 2.45. The summed E-state index contributed by atoms with van der Waals surface area (Å²) >= 11 is 0. The molecule has 0 spiro atoms. The van der Waals surface area contributed by atoms with Crippen LogP contribution in [0.15, 0.2) is 36.4 Å². The van der Waals surface area contributed by atoms with Crippen LogP contribution in [-0.4, -0.2) is 113 Å². The molecular weight excluding hydrogens is 723 g/mol. The van der Waals surface area contributed by atoms with Gasteiger partial charge in [-0.2, -0.15) is 0 Å². The number of nitrogens with zero attached hydrogens (tertiary/aromatic N) is 3. The lowest BCUT2D eigenvalue weighted by Crippen LogP contribution is -2.54. The van der Waals surface area contributed by atoms with Crippen LogP contribution in [0.1, 0.15) is 85.7 Å². The number of imide groups is 2. The van der Waals surface area contributed by atoms with Gasteiger partial charge in [-0.1, -0.05) is 6.07 Å². The first-order valence-electron chi connectivity index (χ1n) is 18.8. The first kappa shape index (κ1) is 38.1. The SMILES string of the molecule is Cc1[nH]c(/C=C2\C(=O)Nc3ccc(F)cc32)c(C)c1C(=O)NCCN1CCN(C(=O)CCCCNc2cccc3c2C(=O)N(C2CCC(=O)NC2=O)C3=O)CC1. The number of halogens is 1. The maximum atomic E-state index is 13.9. The minimum atomic E-state index is -1.03. The number of carbonyl (C=O) groups excluding carboxylic acids is 7. The van der Waals surface area contributed by atoms with E-state index in [1.807, 2.05) is 4.90 Å². The van der Waals surface area contributed by atoms with Gasteiger partial charge < -0.3 is 25.8 Å². The van der Waals surface area contributed by atoms with Crippen LogP contribution in [0.25, 0.3) is 11.6 Å². The molecule has 16 heteroatoms. The third-order valence-corrected chi connectivity index (χ3v) is 10.8. The molecule has 3 aromatic rings. The number of rotatable bonds is 12. The van der Waals surface area contributed by atoms with Gasteiger partial charge in [-0.15, -0.1) is 0 Å². The number of aromatic amines is 1. The number of amides is 7. The molecule has 7 amide bonds. The number of hydrogen-bond donors (Lipinski definition) is 5. The van der Waals surface area contributed by atoms with Gasteiger partial charge in [0.05, 0.1) is 22.3 Å². The summed E-state index contributed by atoms with van der Waals surface area (Å²) < 4.78 is 13.9. The minimum Gasteiger partial charge on any atom is -0.384 e. The molecule has 4 aliphatic rings. The Balaban J connectivity index is 0.822. The highest BCUT2D eigenvalue weighted by molar-refractivity contribution is 6.35. The van der Waals surface area contributed by atoms with Gasteiger partial charge in [0, 0.05) is 87.0 Å². The lowest BCUT2D eigenvalue weighted by Gasteiger charge is -2.34. The molecule has 0 bridgehead atoms. The zero-order valence-electron chi connectivity index (χ0n) is 31.2. The summed E-state index contributed by atoms with van der Waals surface area (Å²) in [5.74, 6) is -3.18. The fraction of sp³-hybridized carbons (Fsp3) is 0.375. The Morgan fingerprint density at radius 2 is 1.71 bits per heavy atom. The van der Waals surface area contributed by atoms with E-state index in [9.17, 15) is 38.0 Å². The van der Waals surface area contributed by atoms with E-state index >= 15 is 0 Å². The summed E-state index contributed by atoms with van der Waals surface area (Å²) in [7, 11) is 0. The van der Waals surface area contributed by atoms with Crippen molar-refractivity contribution in [1.29, 1.82) is 0 Å². The molecule has 2 saturated heterocycles. The molecule has 1 unspecified atom stereocenters. The second-order valence-corrected chi connectivity index (χ2v) is 14.4. The van der Waals surface area contributed by atoms with E-state index in [0.29, 0.717) is 110 Å². The number of anilines is 2. The molecule has 0 radical (unpaired) electrons. The number of aromatic nitrogens is 1. The number of piperidine rings is 1. The van der Waals surface area contributed by atoms with Crippen molar-refractivity contribution in [1.82, 2.24) is 30.3 Å². The average molecular weight is 767 g/mol. The van der Waals surface area contributed by atoms with Gasteiger partial charge >= 0.3 is 0 Å². The maximum Gasteiger partial charge on any atom is 0.264 e. The Morgan fingerprint density at radius 1 is 0.929 bits per heavy atom. The lowest BCUT2D eigenvalue weighted by atomic mass is 10.0. The summed E-state index contributed by atoms with van der Waals surface area (Å²) in [6.07, 6.45) is 3.42. The first-order chi connectivity index (χ1) is 26.9. The van der Waals surface area contributed by atoms with Crippen LogP contribution in [0.5, 0.6) is 0 Å². The third kappa shape index (κ3) is 7.56. The Bertz CT molecular complexity index is 2190. The number of piperazine rings is 1. The van der Waals surface area contributed by atoms with Gasteiger partial charge in [0.1, 0.15) is 11.9 Å². The molecule has 1 atom stereocenters. The molecule has 56 heavy (non-hydrogen) atoms. The van der Waals surface area contributed by atoms with Crippen LogP contribution in [-0.2, 0) is 19.2 Å². The van der Waals surface area contributed by atoms with E-state index in [4.69, 9.17) is 0 Å². The first-order valence-corrected chi connectivity index (χ1v) is 18.8. The zero-order valence-corrected chi connectivity index (χ0v) is 31.2. The number of hydrogen-bond acceptors (Lipinski definition) is 9. The molecule has 0 saturated carbocycles. The highest BCUT2D eigenvalue weighted by Crippen LogP contribution is 2.35. The van der Waals surface area contributed by atoms with Gasteiger partial charge in [-0.05, 0) is 75.1 Å². The number of H-pyrrole nitrogens is 1. The van der Waals surface area contributed by atoms with E-state index < -0.39 is 35.5 Å². The molecule has 0 aliphatic carbocycles. The number of carbonyl (C=O) groups is 7. The zero-order chi connectivity index (χ0) is 39.7. The smallest absolute Gasteiger partial charge is 0.264 e. The molecule has 4 aliphatic heterocycles. The molecular formula is C40H43FN8O7.